The quantitative estimate of drug-likeness (QED) is 0.623. The lowest BCUT2D eigenvalue weighted by molar-refractivity contribution is 0.606. The Morgan fingerprint density at radius 2 is 2.33 bits per heavy atom. The summed E-state index contributed by atoms with van der Waals surface area (Å²) in [7, 11) is 0. The minimum absolute atomic E-state index is 0.126. The van der Waals surface area contributed by atoms with Crippen LogP contribution >= 0.6 is 0 Å². The number of halogens is 1. The first kappa shape index (κ1) is 7.59. The van der Waals surface area contributed by atoms with Gasteiger partial charge in [-0.2, -0.15) is 0 Å². The molecule has 0 aromatic heterocycles. The van der Waals surface area contributed by atoms with Crippen molar-refractivity contribution in [2.75, 3.05) is 5.32 Å². The summed E-state index contributed by atoms with van der Waals surface area (Å²) in [6.45, 7) is 2.08. The zero-order valence-electron chi connectivity index (χ0n) is 7.10. The van der Waals surface area contributed by atoms with Crippen molar-refractivity contribution in [2.45, 2.75) is 25.8 Å². The van der Waals surface area contributed by atoms with Crippen LogP contribution in [-0.2, 0) is 6.42 Å². The summed E-state index contributed by atoms with van der Waals surface area (Å²) in [5, 5.41) is 3.15. The normalized spacial score (nSPS) is 21.3. The van der Waals surface area contributed by atoms with Crippen LogP contribution in [0, 0.1) is 5.82 Å². The summed E-state index contributed by atoms with van der Waals surface area (Å²) in [6, 6.07) is 5.65. The molecule has 0 radical (unpaired) electrons. The molecule has 1 atom stereocenters. The van der Waals surface area contributed by atoms with Gasteiger partial charge in [0.05, 0.1) is 5.69 Å². The summed E-state index contributed by atoms with van der Waals surface area (Å²) in [5.41, 5.74) is 1.81. The van der Waals surface area contributed by atoms with E-state index < -0.39 is 0 Å². The molecule has 1 aromatic carbocycles. The molecule has 12 heavy (non-hydrogen) atoms. The number of benzene rings is 1. The molecule has 0 fully saturated rings. The van der Waals surface area contributed by atoms with Gasteiger partial charge in [0.1, 0.15) is 5.82 Å². The first-order valence-corrected chi connectivity index (χ1v) is 4.31. The standard InChI is InChI=1S/C10H12FN/c1-7-5-6-8-3-2-4-9(11)10(8)12-7/h2-4,7,12H,5-6H2,1H3. The van der Waals surface area contributed by atoms with Crippen LogP contribution in [-0.4, -0.2) is 6.04 Å². The lowest BCUT2D eigenvalue weighted by atomic mass is 9.99. The highest BCUT2D eigenvalue weighted by Crippen LogP contribution is 2.26. The van der Waals surface area contributed by atoms with Crippen LogP contribution in [0.5, 0.6) is 0 Å². The Bertz CT molecular complexity index is 296. The molecule has 0 amide bonds. The van der Waals surface area contributed by atoms with Crippen molar-refractivity contribution in [3.8, 4) is 0 Å². The second-order valence-corrected chi connectivity index (χ2v) is 3.36. The van der Waals surface area contributed by atoms with Crippen LogP contribution < -0.4 is 5.32 Å². The van der Waals surface area contributed by atoms with Crippen molar-refractivity contribution in [3.63, 3.8) is 0 Å². The van der Waals surface area contributed by atoms with E-state index in [1.165, 1.54) is 6.07 Å². The van der Waals surface area contributed by atoms with Gasteiger partial charge in [-0.15, -0.1) is 0 Å². The van der Waals surface area contributed by atoms with Crippen LogP contribution in [0.1, 0.15) is 18.9 Å². The molecule has 1 nitrogen and oxygen atoms in total. The molecule has 1 aromatic rings. The third-order valence-corrected chi connectivity index (χ3v) is 2.34. The van der Waals surface area contributed by atoms with E-state index in [9.17, 15) is 4.39 Å². The van der Waals surface area contributed by atoms with E-state index in [1.807, 2.05) is 6.07 Å². The van der Waals surface area contributed by atoms with Gasteiger partial charge in [-0.25, -0.2) is 4.39 Å². The SMILES string of the molecule is CC1CCc2cccc(F)c2N1. The molecule has 0 bridgehead atoms. The summed E-state index contributed by atoms with van der Waals surface area (Å²) in [6.07, 6.45) is 2.08. The number of rotatable bonds is 0. The third-order valence-electron chi connectivity index (χ3n) is 2.34. The average molecular weight is 165 g/mol. The number of nitrogens with one attached hydrogen (secondary N) is 1. The maximum absolute atomic E-state index is 13.2. The van der Waals surface area contributed by atoms with Gasteiger partial charge < -0.3 is 5.32 Å². The van der Waals surface area contributed by atoms with E-state index in [1.54, 1.807) is 6.07 Å². The number of hydrogen-bond acceptors (Lipinski definition) is 1. The molecule has 1 unspecified atom stereocenters. The van der Waals surface area contributed by atoms with Crippen molar-refractivity contribution in [3.05, 3.63) is 29.6 Å². The number of para-hydroxylation sites is 1. The highest BCUT2D eigenvalue weighted by Gasteiger charge is 2.16. The third kappa shape index (κ3) is 1.17. The van der Waals surface area contributed by atoms with Crippen LogP contribution in [0.15, 0.2) is 18.2 Å². The second kappa shape index (κ2) is 2.77. The van der Waals surface area contributed by atoms with Crippen molar-refractivity contribution in [2.24, 2.45) is 0 Å². The summed E-state index contributed by atoms with van der Waals surface area (Å²) < 4.78 is 13.2. The fourth-order valence-electron chi connectivity index (χ4n) is 1.63. The number of anilines is 1. The molecule has 1 N–H and O–H groups in total. The lowest BCUT2D eigenvalue weighted by Gasteiger charge is -2.24. The Balaban J connectivity index is 2.43. The van der Waals surface area contributed by atoms with Gasteiger partial charge in [-0.05, 0) is 31.4 Å². The van der Waals surface area contributed by atoms with Crippen LogP contribution in [0.25, 0.3) is 0 Å². The summed E-state index contributed by atoms with van der Waals surface area (Å²) in [5.74, 6) is -0.126. The largest absolute Gasteiger partial charge is 0.380 e. The Morgan fingerprint density at radius 3 is 3.17 bits per heavy atom. The fourth-order valence-corrected chi connectivity index (χ4v) is 1.63. The van der Waals surface area contributed by atoms with Gasteiger partial charge in [0.25, 0.3) is 0 Å². The van der Waals surface area contributed by atoms with Gasteiger partial charge >= 0.3 is 0 Å². The van der Waals surface area contributed by atoms with E-state index in [4.69, 9.17) is 0 Å². The predicted molar refractivity (Wildman–Crippen MR) is 47.8 cm³/mol. The average Bonchev–Trinajstić information content (AvgIpc) is 2.07. The molecule has 1 heterocycles. The maximum atomic E-state index is 13.2. The van der Waals surface area contributed by atoms with E-state index in [0.29, 0.717) is 11.7 Å². The first-order valence-electron chi connectivity index (χ1n) is 4.31. The highest BCUT2D eigenvalue weighted by atomic mass is 19.1. The Hall–Kier alpha value is -1.05. The maximum Gasteiger partial charge on any atom is 0.146 e. The molecule has 2 rings (SSSR count). The second-order valence-electron chi connectivity index (χ2n) is 3.36. The Labute approximate surface area is 71.6 Å². The minimum Gasteiger partial charge on any atom is -0.380 e. The molecular formula is C10H12FN. The molecule has 64 valence electrons. The van der Waals surface area contributed by atoms with Crippen LogP contribution in [0.2, 0.25) is 0 Å². The molecule has 0 spiro atoms. The van der Waals surface area contributed by atoms with Crippen molar-refractivity contribution >= 4 is 5.69 Å². The van der Waals surface area contributed by atoms with E-state index in [0.717, 1.165) is 18.4 Å². The van der Waals surface area contributed by atoms with E-state index in [-0.39, 0.29) is 5.82 Å². The van der Waals surface area contributed by atoms with Crippen molar-refractivity contribution in [1.29, 1.82) is 0 Å². The van der Waals surface area contributed by atoms with Crippen molar-refractivity contribution in [1.82, 2.24) is 0 Å². The Morgan fingerprint density at radius 1 is 1.50 bits per heavy atom. The highest BCUT2D eigenvalue weighted by molar-refractivity contribution is 5.54. The first-order chi connectivity index (χ1) is 5.77. The molecular weight excluding hydrogens is 153 g/mol. The minimum atomic E-state index is -0.126. The van der Waals surface area contributed by atoms with Gasteiger partial charge in [0.15, 0.2) is 0 Å². The molecule has 0 saturated carbocycles. The van der Waals surface area contributed by atoms with Gasteiger partial charge in [0, 0.05) is 6.04 Å². The molecule has 1 aliphatic rings. The van der Waals surface area contributed by atoms with Crippen LogP contribution in [0.3, 0.4) is 0 Å². The fraction of sp³-hybridized carbons (Fsp3) is 0.400. The topological polar surface area (TPSA) is 12.0 Å². The number of aryl methyl sites for hydroxylation is 1. The molecule has 1 aliphatic heterocycles. The summed E-state index contributed by atoms with van der Waals surface area (Å²) in [4.78, 5) is 0. The summed E-state index contributed by atoms with van der Waals surface area (Å²) >= 11 is 0. The lowest BCUT2D eigenvalue weighted by Crippen LogP contribution is -2.22. The predicted octanol–water partition coefficient (Wildman–Crippen LogP) is 2.57. The number of fused-ring (bicyclic) bond motifs is 1. The Kier molecular flexibility index (Phi) is 1.75. The van der Waals surface area contributed by atoms with Crippen LogP contribution in [0.4, 0.5) is 10.1 Å². The van der Waals surface area contributed by atoms with Crippen molar-refractivity contribution < 1.29 is 4.39 Å². The van der Waals surface area contributed by atoms with Gasteiger partial charge in [-0.3, -0.25) is 0 Å². The van der Waals surface area contributed by atoms with Gasteiger partial charge in [0.2, 0.25) is 0 Å². The molecule has 0 saturated heterocycles. The monoisotopic (exact) mass is 165 g/mol. The van der Waals surface area contributed by atoms with E-state index in [2.05, 4.69) is 12.2 Å². The number of hydrogen-bond donors (Lipinski definition) is 1. The van der Waals surface area contributed by atoms with E-state index >= 15 is 0 Å². The van der Waals surface area contributed by atoms with Gasteiger partial charge in [-0.1, -0.05) is 12.1 Å². The zero-order chi connectivity index (χ0) is 8.55. The smallest absolute Gasteiger partial charge is 0.146 e. The molecule has 2 heteroatoms. The zero-order valence-corrected chi connectivity index (χ0v) is 7.10. The molecule has 0 aliphatic carbocycles.